The lowest BCUT2D eigenvalue weighted by atomic mass is 9.92. The van der Waals surface area contributed by atoms with Crippen LogP contribution in [0.25, 0.3) is 72.0 Å². The number of imide groups is 1. The highest BCUT2D eigenvalue weighted by atomic mass is 16.2. The largest absolute Gasteiger partial charge is 0.307 e. The van der Waals surface area contributed by atoms with Gasteiger partial charge >= 0.3 is 0 Å². The number of hydrogen-bond acceptors (Lipinski definition) is 6. The summed E-state index contributed by atoms with van der Waals surface area (Å²) in [5.41, 5.74) is 9.58. The molecule has 2 heterocycles. The average Bonchev–Trinajstić information content (AvgIpc) is 3.81. The normalized spacial score (nSPS) is 11.8. The van der Waals surface area contributed by atoms with Crippen LogP contribution in [0.3, 0.4) is 0 Å². The fraction of sp³-hybridized carbons (Fsp3) is 0. The van der Waals surface area contributed by atoms with Gasteiger partial charge in [-0.3, -0.25) is 9.59 Å². The smallest absolute Gasteiger partial charge is 0.268 e. The summed E-state index contributed by atoms with van der Waals surface area (Å²) in [5, 5.41) is 41.8. The zero-order chi connectivity index (χ0) is 42.5. The van der Waals surface area contributed by atoms with Crippen molar-refractivity contribution in [3.63, 3.8) is 0 Å². The summed E-state index contributed by atoms with van der Waals surface area (Å²) in [7, 11) is 0. The van der Waals surface area contributed by atoms with Crippen LogP contribution in [0.5, 0.6) is 0 Å². The van der Waals surface area contributed by atoms with Crippen LogP contribution in [0, 0.1) is 45.3 Å². The molecule has 0 aliphatic carbocycles. The number of rotatable bonds is 6. The highest BCUT2D eigenvalue weighted by Gasteiger charge is 2.41. The lowest BCUT2D eigenvalue weighted by Gasteiger charge is -2.22. The third-order valence-corrected chi connectivity index (χ3v) is 11.5. The van der Waals surface area contributed by atoms with Crippen molar-refractivity contribution in [1.82, 2.24) is 4.57 Å². The number of amides is 2. The van der Waals surface area contributed by atoms with Gasteiger partial charge in [-0.2, -0.15) is 21.0 Å². The van der Waals surface area contributed by atoms with Gasteiger partial charge in [-0.05, 0) is 59.2 Å². The number of para-hydroxylation sites is 2. The van der Waals surface area contributed by atoms with Crippen LogP contribution in [-0.2, 0) is 0 Å². The van der Waals surface area contributed by atoms with Gasteiger partial charge in [0.05, 0.1) is 80.1 Å². The van der Waals surface area contributed by atoms with Crippen LogP contribution < -0.4 is 4.90 Å². The third kappa shape index (κ3) is 5.65. The Morgan fingerprint density at radius 1 is 0.371 bits per heavy atom. The summed E-state index contributed by atoms with van der Waals surface area (Å²) >= 11 is 0. The first-order chi connectivity index (χ1) is 30.4. The first kappa shape index (κ1) is 37.0. The summed E-state index contributed by atoms with van der Waals surface area (Å²) in [6.45, 7) is 0. The van der Waals surface area contributed by atoms with Gasteiger partial charge in [-0.25, -0.2) is 4.90 Å². The van der Waals surface area contributed by atoms with E-state index in [0.717, 1.165) is 33.0 Å². The number of nitrogens with zero attached hydrogens (tertiary/aromatic N) is 6. The van der Waals surface area contributed by atoms with E-state index in [-0.39, 0.29) is 22.3 Å². The zero-order valence-corrected chi connectivity index (χ0v) is 32.7. The van der Waals surface area contributed by atoms with Crippen molar-refractivity contribution in [3.05, 3.63) is 203 Å². The van der Waals surface area contributed by atoms with Gasteiger partial charge in [-0.15, -0.1) is 0 Å². The summed E-state index contributed by atoms with van der Waals surface area (Å²) in [6, 6.07) is 60.7. The van der Waals surface area contributed by atoms with Crippen LogP contribution in [-0.4, -0.2) is 16.4 Å². The van der Waals surface area contributed by atoms with Crippen LogP contribution in [0.1, 0.15) is 43.0 Å². The Morgan fingerprint density at radius 3 is 1.39 bits per heavy atom. The molecule has 62 heavy (non-hydrogen) atoms. The number of fused-ring (bicyclic) bond motifs is 4. The van der Waals surface area contributed by atoms with Gasteiger partial charge in [-0.1, -0.05) is 127 Å². The Kier molecular flexibility index (Phi) is 8.82. The quantitative estimate of drug-likeness (QED) is 0.154. The van der Waals surface area contributed by atoms with E-state index in [1.54, 1.807) is 54.6 Å². The van der Waals surface area contributed by atoms with E-state index in [1.165, 1.54) is 4.90 Å². The predicted octanol–water partition coefficient (Wildman–Crippen LogP) is 11.7. The zero-order valence-electron chi connectivity index (χ0n) is 32.7. The topological polar surface area (TPSA) is 137 Å². The molecule has 10 rings (SSSR count). The predicted molar refractivity (Wildman–Crippen MR) is 239 cm³/mol. The molecule has 1 aromatic heterocycles. The number of benzene rings is 8. The molecule has 0 N–H and O–H groups in total. The maximum Gasteiger partial charge on any atom is 0.268 e. The molecular formula is C54H28N6O2. The number of hydrogen-bond donors (Lipinski definition) is 0. The van der Waals surface area contributed by atoms with Crippen LogP contribution in [0.2, 0.25) is 0 Å². The van der Waals surface area contributed by atoms with Crippen LogP contribution in [0.4, 0.5) is 5.69 Å². The van der Waals surface area contributed by atoms with E-state index in [9.17, 15) is 25.8 Å². The molecule has 0 saturated heterocycles. The van der Waals surface area contributed by atoms with Crippen molar-refractivity contribution < 1.29 is 9.59 Å². The lowest BCUT2D eigenvalue weighted by Crippen LogP contribution is -2.30. The first-order valence-corrected chi connectivity index (χ1v) is 19.7. The number of aromatic nitrogens is 1. The Balaban J connectivity index is 1.29. The highest BCUT2D eigenvalue weighted by molar-refractivity contribution is 6.37. The van der Waals surface area contributed by atoms with E-state index in [1.807, 2.05) is 120 Å². The SMILES string of the molecule is N#Cc1ccc(-c2cccc3c4cccc(-c5ccc(C#N)cc5C#N)c4n(-c4cccc5c4C(=O)N(c4cccc(-c6ccccc6)c4-c4ccccc4)C5=O)c23)c(C#N)c1. The van der Waals surface area contributed by atoms with Crippen LogP contribution in [0.15, 0.2) is 170 Å². The van der Waals surface area contributed by atoms with Gasteiger partial charge in [0.2, 0.25) is 0 Å². The van der Waals surface area contributed by atoms with Crippen molar-refractivity contribution in [2.45, 2.75) is 0 Å². The second-order valence-corrected chi connectivity index (χ2v) is 14.8. The summed E-state index contributed by atoms with van der Waals surface area (Å²) in [5.74, 6) is -0.992. The van der Waals surface area contributed by atoms with Gasteiger partial charge in [0, 0.05) is 38.6 Å². The molecule has 0 radical (unpaired) electrons. The van der Waals surface area contributed by atoms with Crippen molar-refractivity contribution >= 4 is 39.3 Å². The molecule has 0 spiro atoms. The van der Waals surface area contributed by atoms with Gasteiger partial charge in [0.25, 0.3) is 11.8 Å². The van der Waals surface area contributed by atoms with Crippen molar-refractivity contribution in [2.24, 2.45) is 0 Å². The van der Waals surface area contributed by atoms with Crippen molar-refractivity contribution in [1.29, 1.82) is 21.0 Å². The number of anilines is 1. The average molecular weight is 793 g/mol. The number of carbonyl (C=O) groups excluding carboxylic acids is 2. The minimum absolute atomic E-state index is 0.186. The molecule has 9 aromatic rings. The molecule has 0 atom stereocenters. The molecule has 0 saturated carbocycles. The molecule has 286 valence electrons. The molecule has 1 aliphatic rings. The maximum atomic E-state index is 15.4. The Bertz CT molecular complexity index is 3430. The van der Waals surface area contributed by atoms with Crippen LogP contribution >= 0.6 is 0 Å². The minimum Gasteiger partial charge on any atom is -0.307 e. The fourth-order valence-corrected chi connectivity index (χ4v) is 8.84. The van der Waals surface area contributed by atoms with E-state index >= 15 is 4.79 Å². The van der Waals surface area contributed by atoms with E-state index in [2.05, 4.69) is 24.3 Å². The van der Waals surface area contributed by atoms with E-state index in [4.69, 9.17) is 0 Å². The summed E-state index contributed by atoms with van der Waals surface area (Å²) in [6.07, 6.45) is 0. The Morgan fingerprint density at radius 2 is 0.855 bits per heavy atom. The summed E-state index contributed by atoms with van der Waals surface area (Å²) < 4.78 is 1.96. The Hall–Kier alpha value is -9.34. The molecule has 2 amide bonds. The second-order valence-electron chi connectivity index (χ2n) is 14.8. The monoisotopic (exact) mass is 792 g/mol. The second kappa shape index (κ2) is 14.8. The molecule has 1 aliphatic heterocycles. The standard InChI is InChI=1S/C54H28N6O2/c55-29-33-23-25-39(37(27-33)31-57)42-16-7-18-44-45-19-8-17-43(40-26-24-34(30-56)28-38(40)32-58)52(45)59(51(42)44)48-22-10-20-46-50(48)54(62)60(53(46)61)47-21-9-15-41(35-11-3-1-4-12-35)49(47)36-13-5-2-6-14-36/h1-28H. The lowest BCUT2D eigenvalue weighted by molar-refractivity contribution is 0.0926. The molecule has 8 aromatic carbocycles. The van der Waals surface area contributed by atoms with E-state index < -0.39 is 11.8 Å². The molecule has 8 nitrogen and oxygen atoms in total. The minimum atomic E-state index is -0.514. The molecule has 0 unspecified atom stereocenters. The Labute approximate surface area is 355 Å². The highest BCUT2D eigenvalue weighted by Crippen LogP contribution is 2.47. The summed E-state index contributed by atoms with van der Waals surface area (Å²) in [4.78, 5) is 31.6. The van der Waals surface area contributed by atoms with Gasteiger partial charge < -0.3 is 4.57 Å². The van der Waals surface area contributed by atoms with E-state index in [0.29, 0.717) is 55.8 Å². The fourth-order valence-electron chi connectivity index (χ4n) is 8.84. The molecular weight excluding hydrogens is 765 g/mol. The molecule has 8 heteroatoms. The molecule has 0 bridgehead atoms. The first-order valence-electron chi connectivity index (χ1n) is 19.7. The molecule has 0 fully saturated rings. The number of nitriles is 4. The van der Waals surface area contributed by atoms with Gasteiger partial charge in [0.15, 0.2) is 0 Å². The van der Waals surface area contributed by atoms with Crippen molar-refractivity contribution in [3.8, 4) is 74.5 Å². The third-order valence-electron chi connectivity index (χ3n) is 11.5. The van der Waals surface area contributed by atoms with Crippen molar-refractivity contribution in [2.75, 3.05) is 4.90 Å². The van der Waals surface area contributed by atoms with Gasteiger partial charge in [0.1, 0.15) is 0 Å². The number of carbonyl (C=O) groups is 2. The maximum absolute atomic E-state index is 15.4.